The Morgan fingerprint density at radius 3 is 2.70 bits per heavy atom. The summed E-state index contributed by atoms with van der Waals surface area (Å²) in [6.07, 6.45) is 3.32. The van der Waals surface area contributed by atoms with Crippen molar-refractivity contribution < 1.29 is 9.72 Å². The van der Waals surface area contributed by atoms with Gasteiger partial charge in [-0.3, -0.25) is 19.8 Å². The molecule has 0 radical (unpaired) electrons. The van der Waals surface area contributed by atoms with Gasteiger partial charge >= 0.3 is 0 Å². The molecule has 6 nitrogen and oxygen atoms in total. The van der Waals surface area contributed by atoms with Crippen molar-refractivity contribution >= 4 is 17.3 Å². The summed E-state index contributed by atoms with van der Waals surface area (Å²) >= 11 is 0. The van der Waals surface area contributed by atoms with Crippen LogP contribution in [0.2, 0.25) is 0 Å². The van der Waals surface area contributed by atoms with Gasteiger partial charge < -0.3 is 5.32 Å². The fourth-order valence-corrected chi connectivity index (χ4v) is 2.58. The van der Waals surface area contributed by atoms with E-state index in [9.17, 15) is 14.9 Å². The van der Waals surface area contributed by atoms with Gasteiger partial charge in [-0.15, -0.1) is 0 Å². The Bertz CT molecular complexity index is 582. The summed E-state index contributed by atoms with van der Waals surface area (Å²) < 4.78 is 0. The Morgan fingerprint density at radius 2 is 2.13 bits per heavy atom. The summed E-state index contributed by atoms with van der Waals surface area (Å²) in [5.74, 6) is 0.412. The zero-order valence-electron chi connectivity index (χ0n) is 14.0. The number of aryl methyl sites for hydroxylation is 1. The van der Waals surface area contributed by atoms with Crippen LogP contribution in [-0.2, 0) is 4.79 Å². The number of amides is 1. The fourth-order valence-electron chi connectivity index (χ4n) is 2.58. The van der Waals surface area contributed by atoms with Crippen LogP contribution in [0.1, 0.15) is 38.7 Å². The Morgan fingerprint density at radius 1 is 1.43 bits per heavy atom. The van der Waals surface area contributed by atoms with E-state index in [1.165, 1.54) is 6.07 Å². The van der Waals surface area contributed by atoms with Crippen LogP contribution < -0.4 is 5.32 Å². The van der Waals surface area contributed by atoms with Crippen molar-refractivity contribution in [1.82, 2.24) is 4.90 Å². The number of para-hydroxylation sites is 1. The molecule has 0 atom stereocenters. The van der Waals surface area contributed by atoms with Gasteiger partial charge in [0.25, 0.3) is 5.69 Å². The van der Waals surface area contributed by atoms with Crippen LogP contribution in [0.5, 0.6) is 0 Å². The number of carbonyl (C=O) groups is 1. The second-order valence-electron chi connectivity index (χ2n) is 6.66. The molecule has 0 aliphatic heterocycles. The normalized spacial score (nSPS) is 14.3. The summed E-state index contributed by atoms with van der Waals surface area (Å²) in [6.45, 7) is 7.29. The van der Waals surface area contributed by atoms with Gasteiger partial charge in [-0.25, -0.2) is 0 Å². The Hall–Kier alpha value is -1.95. The molecule has 1 N–H and O–H groups in total. The van der Waals surface area contributed by atoms with E-state index in [0.29, 0.717) is 29.8 Å². The lowest BCUT2D eigenvalue weighted by Crippen LogP contribution is -2.36. The molecule has 1 aromatic carbocycles. The van der Waals surface area contributed by atoms with Crippen molar-refractivity contribution in [2.75, 3.05) is 18.4 Å². The average Bonchev–Trinajstić information content (AvgIpc) is 3.29. The maximum atomic E-state index is 12.4. The third kappa shape index (κ3) is 5.03. The largest absolute Gasteiger partial charge is 0.319 e. The van der Waals surface area contributed by atoms with Gasteiger partial charge in [-0.05, 0) is 44.2 Å². The number of benzene rings is 1. The molecule has 0 bridgehead atoms. The number of nitrogens with zero attached hydrogens (tertiary/aromatic N) is 2. The molecule has 0 aromatic heterocycles. The van der Waals surface area contributed by atoms with Gasteiger partial charge in [0.1, 0.15) is 5.69 Å². The van der Waals surface area contributed by atoms with Crippen LogP contribution in [0.4, 0.5) is 11.4 Å². The molecular formula is C17H25N3O3. The second-order valence-corrected chi connectivity index (χ2v) is 6.66. The molecule has 6 heteroatoms. The van der Waals surface area contributed by atoms with Crippen molar-refractivity contribution in [3.8, 4) is 0 Å². The Labute approximate surface area is 137 Å². The van der Waals surface area contributed by atoms with Crippen molar-refractivity contribution in [3.05, 3.63) is 33.9 Å². The zero-order valence-corrected chi connectivity index (χ0v) is 14.0. The first kappa shape index (κ1) is 17.4. The van der Waals surface area contributed by atoms with E-state index in [1.54, 1.807) is 19.1 Å². The van der Waals surface area contributed by atoms with Crippen molar-refractivity contribution in [3.63, 3.8) is 0 Å². The Kier molecular flexibility index (Phi) is 5.71. The van der Waals surface area contributed by atoms with Gasteiger partial charge in [0, 0.05) is 12.1 Å². The highest BCUT2D eigenvalue weighted by Gasteiger charge is 2.30. The van der Waals surface area contributed by atoms with Crippen LogP contribution in [0.25, 0.3) is 0 Å². The highest BCUT2D eigenvalue weighted by Crippen LogP contribution is 2.29. The van der Waals surface area contributed by atoms with E-state index in [0.717, 1.165) is 25.8 Å². The number of nitro benzene ring substituents is 1. The molecule has 1 fully saturated rings. The average molecular weight is 319 g/mol. The lowest BCUT2D eigenvalue weighted by Gasteiger charge is -2.22. The Balaban J connectivity index is 2.02. The molecule has 0 spiro atoms. The lowest BCUT2D eigenvalue weighted by atomic mass is 10.1. The number of nitro groups is 1. The SMILES string of the molecule is Cc1cccc([N+](=O)[O-])c1NC(=O)CN(CCC(C)C)C1CC1. The number of hydrogen-bond donors (Lipinski definition) is 1. The number of nitrogens with one attached hydrogen (secondary N) is 1. The van der Waals surface area contributed by atoms with Gasteiger partial charge in [0.05, 0.1) is 11.5 Å². The molecular weight excluding hydrogens is 294 g/mol. The summed E-state index contributed by atoms with van der Waals surface area (Å²) in [4.78, 5) is 25.2. The van der Waals surface area contributed by atoms with Gasteiger partial charge in [0.15, 0.2) is 0 Å². The van der Waals surface area contributed by atoms with Crippen LogP contribution in [0.3, 0.4) is 0 Å². The van der Waals surface area contributed by atoms with E-state index in [2.05, 4.69) is 24.1 Å². The quantitative estimate of drug-likeness (QED) is 0.589. The number of rotatable bonds is 8. The standard InChI is InChI=1S/C17H25N3O3/c1-12(2)9-10-19(14-7-8-14)11-16(21)18-17-13(3)5-4-6-15(17)20(22)23/h4-6,12,14H,7-11H2,1-3H3,(H,18,21). The topological polar surface area (TPSA) is 75.5 Å². The maximum Gasteiger partial charge on any atom is 0.293 e. The van der Waals surface area contributed by atoms with Crippen molar-refractivity contribution in [2.24, 2.45) is 5.92 Å². The molecule has 0 heterocycles. The third-order valence-corrected chi connectivity index (χ3v) is 4.12. The molecule has 1 aliphatic carbocycles. The first-order valence-electron chi connectivity index (χ1n) is 8.16. The van der Waals surface area contributed by atoms with Crippen LogP contribution >= 0.6 is 0 Å². The number of anilines is 1. The minimum Gasteiger partial charge on any atom is -0.319 e. The lowest BCUT2D eigenvalue weighted by molar-refractivity contribution is -0.384. The minimum atomic E-state index is -0.458. The molecule has 1 saturated carbocycles. The predicted octanol–water partition coefficient (Wildman–Crippen LogP) is 3.35. The number of hydrogen-bond acceptors (Lipinski definition) is 4. The van der Waals surface area contributed by atoms with E-state index in [4.69, 9.17) is 0 Å². The summed E-state index contributed by atoms with van der Waals surface area (Å²) in [6, 6.07) is 5.30. The third-order valence-electron chi connectivity index (χ3n) is 4.12. The molecule has 0 unspecified atom stereocenters. The zero-order chi connectivity index (χ0) is 17.0. The summed E-state index contributed by atoms with van der Waals surface area (Å²) in [5.41, 5.74) is 0.952. The first-order chi connectivity index (χ1) is 10.9. The minimum absolute atomic E-state index is 0.0569. The van der Waals surface area contributed by atoms with Gasteiger partial charge in [-0.1, -0.05) is 26.0 Å². The predicted molar refractivity (Wildman–Crippen MR) is 90.5 cm³/mol. The van der Waals surface area contributed by atoms with E-state index >= 15 is 0 Å². The molecule has 1 aromatic rings. The van der Waals surface area contributed by atoms with Gasteiger partial charge in [-0.2, -0.15) is 0 Å². The van der Waals surface area contributed by atoms with Gasteiger partial charge in [0.2, 0.25) is 5.91 Å². The fraction of sp³-hybridized carbons (Fsp3) is 0.588. The molecule has 1 amide bonds. The van der Waals surface area contributed by atoms with Crippen LogP contribution in [0.15, 0.2) is 18.2 Å². The molecule has 0 saturated heterocycles. The second kappa shape index (κ2) is 7.55. The molecule has 23 heavy (non-hydrogen) atoms. The van der Waals surface area contributed by atoms with Crippen molar-refractivity contribution in [2.45, 2.75) is 46.1 Å². The number of carbonyl (C=O) groups excluding carboxylic acids is 1. The van der Waals surface area contributed by atoms with Crippen molar-refractivity contribution in [1.29, 1.82) is 0 Å². The smallest absolute Gasteiger partial charge is 0.293 e. The summed E-state index contributed by atoms with van der Waals surface area (Å²) in [5, 5.41) is 13.9. The summed E-state index contributed by atoms with van der Waals surface area (Å²) in [7, 11) is 0. The molecule has 1 aliphatic rings. The van der Waals surface area contributed by atoms with E-state index < -0.39 is 4.92 Å². The molecule has 2 rings (SSSR count). The maximum absolute atomic E-state index is 12.4. The van der Waals surface area contributed by atoms with Crippen LogP contribution in [-0.4, -0.2) is 34.9 Å². The molecule has 126 valence electrons. The highest BCUT2D eigenvalue weighted by molar-refractivity contribution is 5.95. The van der Waals surface area contributed by atoms with E-state index in [-0.39, 0.29) is 11.6 Å². The van der Waals surface area contributed by atoms with E-state index in [1.807, 2.05) is 0 Å². The monoisotopic (exact) mass is 319 g/mol. The van der Waals surface area contributed by atoms with Crippen LogP contribution in [0, 0.1) is 23.0 Å². The first-order valence-corrected chi connectivity index (χ1v) is 8.16. The highest BCUT2D eigenvalue weighted by atomic mass is 16.6.